The molecule has 25 heavy (non-hydrogen) atoms. The number of unbranched alkanes of at least 4 members (excludes halogenated alkanes) is 1. The van der Waals surface area contributed by atoms with Crippen LogP contribution in [0.15, 0.2) is 36.4 Å². The molecule has 0 bridgehead atoms. The van der Waals surface area contributed by atoms with Gasteiger partial charge in [0.25, 0.3) is 5.91 Å². The summed E-state index contributed by atoms with van der Waals surface area (Å²) in [6.07, 6.45) is 2.01. The Bertz CT molecular complexity index is 735. The fourth-order valence-corrected chi connectivity index (χ4v) is 2.44. The van der Waals surface area contributed by atoms with Crippen molar-refractivity contribution in [1.82, 2.24) is 0 Å². The van der Waals surface area contributed by atoms with E-state index in [4.69, 9.17) is 32.7 Å². The Morgan fingerprint density at radius 1 is 1.00 bits per heavy atom. The molecule has 0 spiro atoms. The van der Waals surface area contributed by atoms with Crippen LogP contribution < -0.4 is 14.8 Å². The van der Waals surface area contributed by atoms with Gasteiger partial charge in [0.15, 0.2) is 11.5 Å². The van der Waals surface area contributed by atoms with Crippen LogP contribution in [-0.2, 0) is 0 Å². The van der Waals surface area contributed by atoms with Gasteiger partial charge in [-0.25, -0.2) is 0 Å². The van der Waals surface area contributed by atoms with E-state index in [1.807, 2.05) is 6.92 Å². The van der Waals surface area contributed by atoms with Crippen LogP contribution in [0.3, 0.4) is 0 Å². The molecular formula is C19H21Cl2NO3. The number of halogens is 2. The number of hydrogen-bond acceptors (Lipinski definition) is 3. The van der Waals surface area contributed by atoms with Crippen molar-refractivity contribution in [3.8, 4) is 11.5 Å². The van der Waals surface area contributed by atoms with Crippen molar-refractivity contribution in [1.29, 1.82) is 0 Å². The molecule has 0 radical (unpaired) electrons. The number of anilines is 1. The third-order valence-electron chi connectivity index (χ3n) is 3.44. The fraction of sp³-hybridized carbons (Fsp3) is 0.316. The molecule has 0 fully saturated rings. The summed E-state index contributed by atoms with van der Waals surface area (Å²) in [6, 6.07) is 10.1. The van der Waals surface area contributed by atoms with Crippen LogP contribution in [0.4, 0.5) is 5.69 Å². The topological polar surface area (TPSA) is 47.6 Å². The highest BCUT2D eigenvalue weighted by molar-refractivity contribution is 6.42. The molecule has 0 aliphatic rings. The third kappa shape index (κ3) is 5.55. The number of carbonyl (C=O) groups excluding carboxylic acids is 1. The second-order valence-corrected chi connectivity index (χ2v) is 6.19. The number of rotatable bonds is 8. The monoisotopic (exact) mass is 381 g/mol. The average molecular weight is 382 g/mol. The molecule has 0 saturated heterocycles. The minimum Gasteiger partial charge on any atom is -0.490 e. The van der Waals surface area contributed by atoms with E-state index in [0.717, 1.165) is 12.8 Å². The lowest BCUT2D eigenvalue weighted by molar-refractivity contribution is 0.102. The average Bonchev–Trinajstić information content (AvgIpc) is 2.60. The van der Waals surface area contributed by atoms with E-state index in [1.165, 1.54) is 0 Å². The van der Waals surface area contributed by atoms with Crippen LogP contribution >= 0.6 is 23.2 Å². The van der Waals surface area contributed by atoms with Gasteiger partial charge in [0.2, 0.25) is 0 Å². The molecule has 0 saturated carbocycles. The Morgan fingerprint density at radius 3 is 2.48 bits per heavy atom. The van der Waals surface area contributed by atoms with Gasteiger partial charge in [0.05, 0.1) is 23.3 Å². The van der Waals surface area contributed by atoms with Crippen molar-refractivity contribution in [2.24, 2.45) is 0 Å². The molecule has 2 aromatic carbocycles. The normalized spacial score (nSPS) is 10.4. The fourth-order valence-electron chi connectivity index (χ4n) is 2.14. The summed E-state index contributed by atoms with van der Waals surface area (Å²) in [5.74, 6) is 0.932. The Kier molecular flexibility index (Phi) is 7.41. The van der Waals surface area contributed by atoms with E-state index in [2.05, 4.69) is 12.2 Å². The van der Waals surface area contributed by atoms with Crippen molar-refractivity contribution >= 4 is 34.8 Å². The van der Waals surface area contributed by atoms with Gasteiger partial charge in [-0.05, 0) is 49.7 Å². The lowest BCUT2D eigenvalue weighted by Gasteiger charge is -2.13. The summed E-state index contributed by atoms with van der Waals surface area (Å²) in [5, 5.41) is 3.61. The maximum absolute atomic E-state index is 12.5. The van der Waals surface area contributed by atoms with E-state index >= 15 is 0 Å². The summed E-state index contributed by atoms with van der Waals surface area (Å²) >= 11 is 11.9. The second kappa shape index (κ2) is 9.54. The molecule has 0 heterocycles. The standard InChI is InChI=1S/C19H21Cl2NO3/c1-3-5-10-25-17-9-6-13(11-18(17)24-4-2)19(23)22-14-7-8-15(20)16(21)12-14/h6-9,11-12H,3-5,10H2,1-2H3,(H,22,23). The number of amides is 1. The van der Waals surface area contributed by atoms with Gasteiger partial charge in [0, 0.05) is 11.3 Å². The van der Waals surface area contributed by atoms with Gasteiger partial charge in [-0.3, -0.25) is 4.79 Å². The first kappa shape index (κ1) is 19.4. The van der Waals surface area contributed by atoms with Crippen LogP contribution in [0, 0.1) is 0 Å². The number of nitrogens with one attached hydrogen (secondary N) is 1. The number of ether oxygens (including phenoxy) is 2. The van der Waals surface area contributed by atoms with Gasteiger partial charge in [0.1, 0.15) is 0 Å². The molecule has 134 valence electrons. The lowest BCUT2D eigenvalue weighted by atomic mass is 10.1. The first-order valence-electron chi connectivity index (χ1n) is 8.21. The summed E-state index contributed by atoms with van der Waals surface area (Å²) < 4.78 is 11.3. The SMILES string of the molecule is CCCCOc1ccc(C(=O)Nc2ccc(Cl)c(Cl)c2)cc1OCC. The molecule has 1 N–H and O–H groups in total. The highest BCUT2D eigenvalue weighted by atomic mass is 35.5. The first-order valence-corrected chi connectivity index (χ1v) is 8.96. The Balaban J connectivity index is 2.15. The van der Waals surface area contributed by atoms with Gasteiger partial charge in [-0.1, -0.05) is 36.5 Å². The Hall–Kier alpha value is -1.91. The Morgan fingerprint density at radius 2 is 1.80 bits per heavy atom. The van der Waals surface area contributed by atoms with Gasteiger partial charge in [-0.15, -0.1) is 0 Å². The number of carbonyl (C=O) groups is 1. The van der Waals surface area contributed by atoms with Crippen LogP contribution in [0.1, 0.15) is 37.0 Å². The van der Waals surface area contributed by atoms with Crippen molar-refractivity contribution in [2.45, 2.75) is 26.7 Å². The van der Waals surface area contributed by atoms with Crippen LogP contribution in [0.5, 0.6) is 11.5 Å². The van der Waals surface area contributed by atoms with Crippen molar-refractivity contribution < 1.29 is 14.3 Å². The minimum atomic E-state index is -0.264. The van der Waals surface area contributed by atoms with E-state index in [1.54, 1.807) is 36.4 Å². The molecule has 0 aliphatic heterocycles. The molecule has 0 aliphatic carbocycles. The van der Waals surface area contributed by atoms with Crippen molar-refractivity contribution in [3.05, 3.63) is 52.0 Å². The highest BCUT2D eigenvalue weighted by Gasteiger charge is 2.12. The summed E-state index contributed by atoms with van der Waals surface area (Å²) in [4.78, 5) is 12.5. The van der Waals surface area contributed by atoms with Crippen LogP contribution in [-0.4, -0.2) is 19.1 Å². The molecule has 2 aromatic rings. The first-order chi connectivity index (χ1) is 12.0. The van der Waals surface area contributed by atoms with Gasteiger partial charge in [-0.2, -0.15) is 0 Å². The Labute approximate surface area is 158 Å². The van der Waals surface area contributed by atoms with Crippen LogP contribution in [0.25, 0.3) is 0 Å². The number of benzene rings is 2. The zero-order valence-electron chi connectivity index (χ0n) is 14.3. The largest absolute Gasteiger partial charge is 0.490 e. The minimum absolute atomic E-state index is 0.264. The van der Waals surface area contributed by atoms with Gasteiger partial charge >= 0.3 is 0 Å². The maximum Gasteiger partial charge on any atom is 0.255 e. The predicted molar refractivity (Wildman–Crippen MR) is 102 cm³/mol. The van der Waals surface area contributed by atoms with Crippen molar-refractivity contribution in [3.63, 3.8) is 0 Å². The molecule has 0 unspecified atom stereocenters. The quantitative estimate of drug-likeness (QED) is 0.585. The molecule has 6 heteroatoms. The van der Waals surface area contributed by atoms with E-state index in [9.17, 15) is 4.79 Å². The molecule has 1 amide bonds. The summed E-state index contributed by atoms with van der Waals surface area (Å²) in [5.41, 5.74) is 1.04. The lowest BCUT2D eigenvalue weighted by Crippen LogP contribution is -2.12. The summed E-state index contributed by atoms with van der Waals surface area (Å²) in [6.45, 7) is 5.09. The molecule has 4 nitrogen and oxygen atoms in total. The highest BCUT2D eigenvalue weighted by Crippen LogP contribution is 2.30. The third-order valence-corrected chi connectivity index (χ3v) is 4.18. The predicted octanol–water partition coefficient (Wildman–Crippen LogP) is 5.82. The van der Waals surface area contributed by atoms with Gasteiger partial charge < -0.3 is 14.8 Å². The zero-order chi connectivity index (χ0) is 18.2. The zero-order valence-corrected chi connectivity index (χ0v) is 15.8. The number of hydrogen-bond donors (Lipinski definition) is 1. The van der Waals surface area contributed by atoms with E-state index in [-0.39, 0.29) is 5.91 Å². The van der Waals surface area contributed by atoms with E-state index in [0.29, 0.717) is 46.0 Å². The van der Waals surface area contributed by atoms with Crippen LogP contribution in [0.2, 0.25) is 10.0 Å². The summed E-state index contributed by atoms with van der Waals surface area (Å²) in [7, 11) is 0. The maximum atomic E-state index is 12.5. The molecular weight excluding hydrogens is 361 g/mol. The second-order valence-electron chi connectivity index (χ2n) is 5.38. The molecule has 2 rings (SSSR count). The molecule has 0 atom stereocenters. The van der Waals surface area contributed by atoms with E-state index < -0.39 is 0 Å². The van der Waals surface area contributed by atoms with Crippen molar-refractivity contribution in [2.75, 3.05) is 18.5 Å². The molecule has 0 aromatic heterocycles. The smallest absolute Gasteiger partial charge is 0.255 e.